The molecule has 5 rings (SSSR count). The molecule has 0 saturated carbocycles. The minimum absolute atomic E-state index is 0.288. The number of nitrogens with zero attached hydrogens (tertiary/aromatic N) is 2. The minimum Gasteiger partial charge on any atom is -0.488 e. The van der Waals surface area contributed by atoms with Gasteiger partial charge in [-0.2, -0.15) is 0 Å². The number of aromatic amines is 1. The van der Waals surface area contributed by atoms with E-state index in [1.54, 1.807) is 11.1 Å². The van der Waals surface area contributed by atoms with Gasteiger partial charge in [0.1, 0.15) is 31.5 Å². The third-order valence-electron chi connectivity index (χ3n) is 7.11. The number of H-pyrrole nitrogens is 1. The number of esters is 1. The van der Waals surface area contributed by atoms with Gasteiger partial charge in [-0.25, -0.2) is 4.79 Å². The molecule has 2 aromatic carbocycles. The van der Waals surface area contributed by atoms with Gasteiger partial charge in [-0.05, 0) is 86.3 Å². The van der Waals surface area contributed by atoms with Crippen molar-refractivity contribution in [1.29, 1.82) is 0 Å². The number of benzene rings is 2. The van der Waals surface area contributed by atoms with Crippen molar-refractivity contribution in [3.8, 4) is 28.5 Å². The van der Waals surface area contributed by atoms with Gasteiger partial charge in [0.05, 0.1) is 12.8 Å². The number of aromatic nitrogens is 2. The van der Waals surface area contributed by atoms with Crippen LogP contribution in [-0.4, -0.2) is 53.6 Å². The van der Waals surface area contributed by atoms with Crippen LogP contribution in [0.3, 0.4) is 0 Å². The van der Waals surface area contributed by atoms with Crippen molar-refractivity contribution in [3.63, 3.8) is 0 Å². The lowest BCUT2D eigenvalue weighted by molar-refractivity contribution is -0.153. The van der Waals surface area contributed by atoms with Crippen molar-refractivity contribution in [2.24, 2.45) is 0 Å². The number of fused-ring (bicyclic) bond motifs is 3. The molecular formula is C34H36BrN3O4Si. The summed E-state index contributed by atoms with van der Waals surface area (Å²) < 4.78 is 12.1. The van der Waals surface area contributed by atoms with E-state index in [9.17, 15) is 9.59 Å². The number of carbonyl (C=O) groups is 2. The number of halogens is 1. The van der Waals surface area contributed by atoms with Crippen molar-refractivity contribution < 1.29 is 19.1 Å². The van der Waals surface area contributed by atoms with Crippen LogP contribution < -0.4 is 4.74 Å². The quantitative estimate of drug-likeness (QED) is 0.144. The number of carbonyl (C=O) groups excluding carboxylic acids is 2. The van der Waals surface area contributed by atoms with Gasteiger partial charge in [-0.15, -0.1) is 5.54 Å². The van der Waals surface area contributed by atoms with Crippen LogP contribution in [0.1, 0.15) is 43.6 Å². The molecule has 1 N–H and O–H groups in total. The van der Waals surface area contributed by atoms with E-state index in [1.165, 1.54) is 7.11 Å². The Morgan fingerprint density at radius 1 is 1.07 bits per heavy atom. The van der Waals surface area contributed by atoms with E-state index in [2.05, 4.69) is 52.0 Å². The summed E-state index contributed by atoms with van der Waals surface area (Å²) in [4.78, 5) is 37.0. The number of rotatable bonds is 4. The van der Waals surface area contributed by atoms with Gasteiger partial charge in [0.2, 0.25) is 0 Å². The van der Waals surface area contributed by atoms with E-state index in [0.29, 0.717) is 6.42 Å². The minimum atomic E-state index is -1.87. The monoisotopic (exact) mass is 657 g/mol. The standard InChI is InChI=1S/C34H36BrN3O4Si/c1-34(2,3)42-24-12-8-21(9-13-24)27-14-10-22(20-36-27)32-31-26(25-18-23(35)11-15-28(25)37-31)19-29(33(40)41-4)38(32)30(39)16-17-43(5,6)7/h8-15,18,20,29,32,37H,19H2,1-7H3. The summed E-state index contributed by atoms with van der Waals surface area (Å²) in [5.74, 6) is 2.77. The zero-order valence-corrected chi connectivity index (χ0v) is 28.1. The predicted molar refractivity (Wildman–Crippen MR) is 175 cm³/mol. The number of methoxy groups -OCH3 is 1. The predicted octanol–water partition coefficient (Wildman–Crippen LogP) is 7.07. The van der Waals surface area contributed by atoms with Crippen LogP contribution in [0.2, 0.25) is 19.6 Å². The lowest BCUT2D eigenvalue weighted by Gasteiger charge is -2.39. The highest BCUT2D eigenvalue weighted by Crippen LogP contribution is 2.42. The van der Waals surface area contributed by atoms with Crippen LogP contribution in [0.5, 0.6) is 5.75 Å². The summed E-state index contributed by atoms with van der Waals surface area (Å²) in [6, 6.07) is 16.3. The van der Waals surface area contributed by atoms with Gasteiger partial charge in [-0.1, -0.05) is 41.6 Å². The molecule has 4 aromatic rings. The Bertz CT molecular complexity index is 1740. The first-order chi connectivity index (χ1) is 20.2. The number of hydrogen-bond donors (Lipinski definition) is 1. The van der Waals surface area contributed by atoms with Gasteiger partial charge in [0, 0.05) is 39.3 Å². The Hall–Kier alpha value is -3.87. The molecule has 0 saturated heterocycles. The first-order valence-corrected chi connectivity index (χ1v) is 18.5. The summed E-state index contributed by atoms with van der Waals surface area (Å²) in [6.07, 6.45) is 2.08. The molecular weight excluding hydrogens is 622 g/mol. The fourth-order valence-corrected chi connectivity index (χ4v) is 6.16. The largest absolute Gasteiger partial charge is 0.488 e. The van der Waals surface area contributed by atoms with E-state index in [0.717, 1.165) is 49.2 Å². The molecule has 222 valence electrons. The van der Waals surface area contributed by atoms with Crippen LogP contribution in [0, 0.1) is 11.5 Å². The van der Waals surface area contributed by atoms with Gasteiger partial charge >= 0.3 is 5.97 Å². The SMILES string of the molecule is COC(=O)C1Cc2c([nH]c3ccc(Br)cc23)C(c2ccc(-c3ccc(OC(C)(C)C)cc3)nc2)N1C(=O)C#C[Si](C)(C)C. The maximum Gasteiger partial charge on any atom is 0.328 e. The fourth-order valence-electron chi connectivity index (χ4n) is 5.31. The molecule has 1 aliphatic heterocycles. The molecule has 0 aliphatic carbocycles. The fraction of sp³-hybridized carbons (Fsp3) is 0.324. The summed E-state index contributed by atoms with van der Waals surface area (Å²) in [5.41, 5.74) is 8.11. The van der Waals surface area contributed by atoms with Crippen LogP contribution in [0.15, 0.2) is 65.3 Å². The average Bonchev–Trinajstić information content (AvgIpc) is 3.31. The Kier molecular flexibility index (Phi) is 8.29. The molecule has 2 atom stereocenters. The molecule has 7 nitrogen and oxygen atoms in total. The smallest absolute Gasteiger partial charge is 0.328 e. The van der Waals surface area contributed by atoms with Crippen molar-refractivity contribution in [2.45, 2.75) is 64.5 Å². The molecule has 0 fully saturated rings. The molecule has 1 amide bonds. The number of ether oxygens (including phenoxy) is 2. The molecule has 0 radical (unpaired) electrons. The molecule has 0 spiro atoms. The van der Waals surface area contributed by atoms with Gasteiger partial charge < -0.3 is 19.4 Å². The van der Waals surface area contributed by atoms with Gasteiger partial charge in [0.25, 0.3) is 5.91 Å². The number of pyridine rings is 1. The average molecular weight is 659 g/mol. The summed E-state index contributed by atoms with van der Waals surface area (Å²) in [5, 5.41) is 0.991. The van der Waals surface area contributed by atoms with Crippen molar-refractivity contribution in [3.05, 3.63) is 82.1 Å². The molecule has 43 heavy (non-hydrogen) atoms. The van der Waals surface area contributed by atoms with E-state index in [1.807, 2.05) is 75.4 Å². The third-order valence-corrected chi connectivity index (χ3v) is 8.48. The second kappa shape index (κ2) is 11.7. The second-order valence-corrected chi connectivity index (χ2v) is 18.4. The molecule has 0 bridgehead atoms. The third kappa shape index (κ3) is 6.71. The summed E-state index contributed by atoms with van der Waals surface area (Å²) in [7, 11) is -0.518. The Balaban J connectivity index is 1.62. The Morgan fingerprint density at radius 2 is 1.79 bits per heavy atom. The highest BCUT2D eigenvalue weighted by molar-refractivity contribution is 9.10. The highest BCUT2D eigenvalue weighted by atomic mass is 79.9. The van der Waals surface area contributed by atoms with E-state index < -0.39 is 32.0 Å². The maximum atomic E-state index is 13.9. The van der Waals surface area contributed by atoms with Crippen LogP contribution in [0.25, 0.3) is 22.2 Å². The molecule has 2 aromatic heterocycles. The second-order valence-electron chi connectivity index (χ2n) is 12.8. The zero-order valence-electron chi connectivity index (χ0n) is 25.5. The van der Waals surface area contributed by atoms with Crippen molar-refractivity contribution in [2.75, 3.05) is 7.11 Å². The van der Waals surface area contributed by atoms with Gasteiger partial charge in [-0.3, -0.25) is 9.78 Å². The van der Waals surface area contributed by atoms with Crippen LogP contribution >= 0.6 is 15.9 Å². The topological polar surface area (TPSA) is 84.5 Å². The first-order valence-electron chi connectivity index (χ1n) is 14.2. The Labute approximate surface area is 262 Å². The van der Waals surface area contributed by atoms with Gasteiger partial charge in [0.15, 0.2) is 0 Å². The van der Waals surface area contributed by atoms with Crippen LogP contribution in [-0.2, 0) is 20.7 Å². The summed E-state index contributed by atoms with van der Waals surface area (Å²) >= 11 is 3.58. The zero-order chi connectivity index (χ0) is 31.1. The number of hydrogen-bond acceptors (Lipinski definition) is 5. The molecule has 2 unspecified atom stereocenters. The molecule has 1 aliphatic rings. The van der Waals surface area contributed by atoms with E-state index >= 15 is 0 Å². The lowest BCUT2D eigenvalue weighted by atomic mass is 9.88. The van der Waals surface area contributed by atoms with E-state index in [-0.39, 0.29) is 5.60 Å². The Morgan fingerprint density at radius 3 is 2.40 bits per heavy atom. The molecule has 3 heterocycles. The molecule has 9 heteroatoms. The first kappa shape index (κ1) is 30.6. The lowest BCUT2D eigenvalue weighted by Crippen LogP contribution is -2.51. The maximum absolute atomic E-state index is 13.9. The highest BCUT2D eigenvalue weighted by Gasteiger charge is 2.44. The normalized spacial score (nSPS) is 16.7. The van der Waals surface area contributed by atoms with Crippen molar-refractivity contribution in [1.82, 2.24) is 14.9 Å². The van der Waals surface area contributed by atoms with Crippen LogP contribution in [0.4, 0.5) is 0 Å². The van der Waals surface area contributed by atoms with Crippen molar-refractivity contribution >= 4 is 46.8 Å². The number of nitrogens with one attached hydrogen (secondary N) is 1. The number of amides is 1. The van der Waals surface area contributed by atoms with E-state index in [4.69, 9.17) is 14.5 Å². The summed E-state index contributed by atoms with van der Waals surface area (Å²) in [6.45, 7) is 12.3.